The molecule has 2 N–H and O–H groups in total. The summed E-state index contributed by atoms with van der Waals surface area (Å²) in [6.45, 7) is 0.443. The van der Waals surface area contributed by atoms with Gasteiger partial charge in [-0.3, -0.25) is 0 Å². The zero-order valence-electron chi connectivity index (χ0n) is 7.00. The van der Waals surface area contributed by atoms with Crippen molar-refractivity contribution >= 4 is 0 Å². The number of benzene rings is 1. The molecular weight excluding hydrogens is 150 g/mol. The van der Waals surface area contributed by atoms with Crippen LogP contribution in [-0.4, -0.2) is 7.11 Å². The Kier molecular flexibility index (Phi) is 2.73. The molecule has 0 aliphatic rings. The SMILES string of the molecule is C#Cc1cccc(CN)c1OC. The van der Waals surface area contributed by atoms with E-state index in [1.54, 1.807) is 7.11 Å². The molecule has 1 rings (SSSR count). The van der Waals surface area contributed by atoms with Gasteiger partial charge in [0.05, 0.1) is 12.7 Å². The van der Waals surface area contributed by atoms with Gasteiger partial charge < -0.3 is 10.5 Å². The highest BCUT2D eigenvalue weighted by atomic mass is 16.5. The number of methoxy groups -OCH3 is 1. The average Bonchev–Trinajstić information content (AvgIpc) is 2.16. The normalized spacial score (nSPS) is 9.08. The summed E-state index contributed by atoms with van der Waals surface area (Å²) < 4.78 is 5.14. The smallest absolute Gasteiger partial charge is 0.138 e. The number of rotatable bonds is 2. The molecule has 0 saturated carbocycles. The minimum atomic E-state index is 0.443. The Balaban J connectivity index is 3.24. The number of hydrogen-bond acceptors (Lipinski definition) is 2. The number of hydrogen-bond donors (Lipinski definition) is 1. The van der Waals surface area contributed by atoms with E-state index in [4.69, 9.17) is 16.9 Å². The Morgan fingerprint density at radius 1 is 1.58 bits per heavy atom. The van der Waals surface area contributed by atoms with Crippen LogP contribution in [0.4, 0.5) is 0 Å². The van der Waals surface area contributed by atoms with Crippen LogP contribution in [0.1, 0.15) is 11.1 Å². The summed E-state index contributed by atoms with van der Waals surface area (Å²) >= 11 is 0. The van der Waals surface area contributed by atoms with Crippen molar-refractivity contribution in [3.05, 3.63) is 29.3 Å². The standard InChI is InChI=1S/C10H11NO/c1-3-8-5-4-6-9(7-11)10(8)12-2/h1,4-6H,7,11H2,2H3. The van der Waals surface area contributed by atoms with Crippen LogP contribution in [0.2, 0.25) is 0 Å². The molecule has 0 aliphatic carbocycles. The minimum Gasteiger partial charge on any atom is -0.495 e. The van der Waals surface area contributed by atoms with Crippen molar-refractivity contribution in [2.75, 3.05) is 7.11 Å². The number of ether oxygens (including phenoxy) is 1. The summed E-state index contributed by atoms with van der Waals surface area (Å²) in [7, 11) is 1.59. The molecule has 0 spiro atoms. The van der Waals surface area contributed by atoms with Gasteiger partial charge in [-0.1, -0.05) is 18.1 Å². The van der Waals surface area contributed by atoms with Crippen LogP contribution in [0.25, 0.3) is 0 Å². The Bertz CT molecular complexity index is 312. The van der Waals surface area contributed by atoms with E-state index in [2.05, 4.69) is 5.92 Å². The monoisotopic (exact) mass is 161 g/mol. The lowest BCUT2D eigenvalue weighted by molar-refractivity contribution is 0.408. The van der Waals surface area contributed by atoms with Gasteiger partial charge in [0.2, 0.25) is 0 Å². The lowest BCUT2D eigenvalue weighted by atomic mass is 10.1. The quantitative estimate of drug-likeness (QED) is 0.660. The molecule has 2 heteroatoms. The summed E-state index contributed by atoms with van der Waals surface area (Å²) in [6, 6.07) is 5.61. The van der Waals surface area contributed by atoms with Gasteiger partial charge in [0, 0.05) is 12.1 Å². The molecule has 0 saturated heterocycles. The van der Waals surface area contributed by atoms with E-state index in [1.807, 2.05) is 18.2 Å². The van der Waals surface area contributed by atoms with Gasteiger partial charge in [-0.15, -0.1) is 6.42 Å². The van der Waals surface area contributed by atoms with Crippen LogP contribution in [0.3, 0.4) is 0 Å². The van der Waals surface area contributed by atoms with Gasteiger partial charge in [0.1, 0.15) is 5.75 Å². The van der Waals surface area contributed by atoms with Crippen molar-refractivity contribution in [1.29, 1.82) is 0 Å². The minimum absolute atomic E-state index is 0.443. The first-order valence-corrected chi connectivity index (χ1v) is 3.66. The largest absolute Gasteiger partial charge is 0.495 e. The van der Waals surface area contributed by atoms with Crippen LogP contribution in [0.15, 0.2) is 18.2 Å². The maximum Gasteiger partial charge on any atom is 0.138 e. The van der Waals surface area contributed by atoms with Crippen molar-refractivity contribution in [2.24, 2.45) is 5.73 Å². The summed E-state index contributed by atoms with van der Waals surface area (Å²) in [6.07, 6.45) is 5.28. The van der Waals surface area contributed by atoms with Crippen molar-refractivity contribution in [2.45, 2.75) is 6.54 Å². The molecule has 0 fully saturated rings. The van der Waals surface area contributed by atoms with E-state index in [1.165, 1.54) is 0 Å². The third kappa shape index (κ3) is 1.41. The van der Waals surface area contributed by atoms with Gasteiger partial charge in [-0.2, -0.15) is 0 Å². The predicted octanol–water partition coefficient (Wildman–Crippen LogP) is 1.14. The number of para-hydroxylation sites is 1. The molecule has 0 bridgehead atoms. The fourth-order valence-electron chi connectivity index (χ4n) is 1.10. The second-order valence-electron chi connectivity index (χ2n) is 2.35. The fourth-order valence-corrected chi connectivity index (χ4v) is 1.10. The van der Waals surface area contributed by atoms with Gasteiger partial charge in [-0.05, 0) is 6.07 Å². The van der Waals surface area contributed by atoms with E-state index >= 15 is 0 Å². The van der Waals surface area contributed by atoms with Crippen molar-refractivity contribution in [1.82, 2.24) is 0 Å². The lowest BCUT2D eigenvalue weighted by Gasteiger charge is -2.07. The fraction of sp³-hybridized carbons (Fsp3) is 0.200. The molecule has 0 aliphatic heterocycles. The average molecular weight is 161 g/mol. The molecule has 1 aromatic carbocycles. The summed E-state index contributed by atoms with van der Waals surface area (Å²) in [5.74, 6) is 3.25. The molecule has 0 aromatic heterocycles. The Morgan fingerprint density at radius 3 is 2.83 bits per heavy atom. The predicted molar refractivity (Wildman–Crippen MR) is 48.8 cm³/mol. The second-order valence-corrected chi connectivity index (χ2v) is 2.35. The van der Waals surface area contributed by atoms with Gasteiger partial charge in [0.25, 0.3) is 0 Å². The zero-order chi connectivity index (χ0) is 8.97. The molecular formula is C10H11NO. The third-order valence-electron chi connectivity index (χ3n) is 1.68. The Hall–Kier alpha value is -1.46. The molecule has 0 unspecified atom stereocenters. The first-order valence-electron chi connectivity index (χ1n) is 3.66. The molecule has 2 nitrogen and oxygen atoms in total. The van der Waals surface area contributed by atoms with Crippen molar-refractivity contribution in [3.8, 4) is 18.1 Å². The zero-order valence-corrected chi connectivity index (χ0v) is 7.00. The van der Waals surface area contributed by atoms with Gasteiger partial charge in [-0.25, -0.2) is 0 Å². The molecule has 62 valence electrons. The topological polar surface area (TPSA) is 35.2 Å². The summed E-state index contributed by atoms with van der Waals surface area (Å²) in [5.41, 5.74) is 7.19. The molecule has 12 heavy (non-hydrogen) atoms. The Morgan fingerprint density at radius 2 is 2.33 bits per heavy atom. The molecule has 1 aromatic rings. The summed E-state index contributed by atoms with van der Waals surface area (Å²) in [4.78, 5) is 0. The maximum absolute atomic E-state index is 5.50. The molecule has 0 atom stereocenters. The highest BCUT2D eigenvalue weighted by Crippen LogP contribution is 2.22. The van der Waals surface area contributed by atoms with E-state index in [-0.39, 0.29) is 0 Å². The third-order valence-corrected chi connectivity index (χ3v) is 1.68. The number of terminal acetylenes is 1. The highest BCUT2D eigenvalue weighted by molar-refractivity contribution is 5.49. The first kappa shape index (κ1) is 8.63. The maximum atomic E-state index is 5.50. The van der Waals surface area contributed by atoms with Crippen LogP contribution in [0.5, 0.6) is 5.75 Å². The Labute approximate surface area is 72.3 Å². The molecule has 0 amide bonds. The van der Waals surface area contributed by atoms with Gasteiger partial charge >= 0.3 is 0 Å². The number of nitrogens with two attached hydrogens (primary N) is 1. The molecule has 0 heterocycles. The van der Waals surface area contributed by atoms with Crippen molar-refractivity contribution in [3.63, 3.8) is 0 Å². The van der Waals surface area contributed by atoms with Crippen molar-refractivity contribution < 1.29 is 4.74 Å². The first-order chi connectivity index (χ1) is 5.83. The van der Waals surface area contributed by atoms with Crippen LogP contribution in [-0.2, 0) is 6.54 Å². The van der Waals surface area contributed by atoms with E-state index < -0.39 is 0 Å². The van der Waals surface area contributed by atoms with Crippen LogP contribution < -0.4 is 10.5 Å². The second kappa shape index (κ2) is 3.80. The lowest BCUT2D eigenvalue weighted by Crippen LogP contribution is -2.01. The highest BCUT2D eigenvalue weighted by Gasteiger charge is 2.04. The summed E-state index contributed by atoms with van der Waals surface area (Å²) in [5, 5.41) is 0. The van der Waals surface area contributed by atoms with E-state index in [0.29, 0.717) is 12.3 Å². The molecule has 0 radical (unpaired) electrons. The van der Waals surface area contributed by atoms with Crippen LogP contribution in [0, 0.1) is 12.3 Å². The van der Waals surface area contributed by atoms with E-state index in [0.717, 1.165) is 11.1 Å². The van der Waals surface area contributed by atoms with Crippen LogP contribution >= 0.6 is 0 Å². The van der Waals surface area contributed by atoms with E-state index in [9.17, 15) is 0 Å². The van der Waals surface area contributed by atoms with Gasteiger partial charge in [0.15, 0.2) is 0 Å².